The molecule has 0 atom stereocenters. The third kappa shape index (κ3) is 3.74. The Kier molecular flexibility index (Phi) is 4.78. The number of hydrogen-bond acceptors (Lipinski definition) is 2. The molecule has 1 aromatic rings. The van der Waals surface area contributed by atoms with E-state index < -0.39 is 0 Å². The van der Waals surface area contributed by atoms with Gasteiger partial charge in [-0.05, 0) is 25.1 Å². The Morgan fingerprint density at radius 2 is 2.38 bits per heavy atom. The minimum absolute atomic E-state index is 0.787. The zero-order valence-electron chi connectivity index (χ0n) is 7.95. The molecule has 1 aromatic heterocycles. The fourth-order valence-corrected chi connectivity index (χ4v) is 1.33. The molecule has 74 valence electrons. The number of ether oxygens (including phenoxy) is 1. The molecule has 0 radical (unpaired) electrons. The van der Waals surface area contributed by atoms with Crippen molar-refractivity contribution in [3.63, 3.8) is 0 Å². The van der Waals surface area contributed by atoms with Crippen molar-refractivity contribution in [3.8, 4) is 0 Å². The molecule has 1 rings (SSSR count). The summed E-state index contributed by atoms with van der Waals surface area (Å²) in [7, 11) is 0. The minimum atomic E-state index is 0.787. The monoisotopic (exact) mass is 200 g/mol. The molecular formula is C9H16N2OS. The van der Waals surface area contributed by atoms with Gasteiger partial charge in [-0.1, -0.05) is 6.92 Å². The molecule has 0 unspecified atom stereocenters. The van der Waals surface area contributed by atoms with Crippen LogP contribution in [-0.4, -0.2) is 22.8 Å². The standard InChI is InChI=1S/C9H16N2OS/c1-2-7-12-8-3-5-11-6-4-10-9(11)13/h4,6H,2-3,5,7-8H2,1H3,(H,10,13). The smallest absolute Gasteiger partial charge is 0.177 e. The van der Waals surface area contributed by atoms with Crippen LogP contribution < -0.4 is 0 Å². The molecule has 0 bridgehead atoms. The maximum absolute atomic E-state index is 5.36. The fraction of sp³-hybridized carbons (Fsp3) is 0.667. The number of rotatable bonds is 6. The van der Waals surface area contributed by atoms with Crippen molar-refractivity contribution in [2.45, 2.75) is 26.3 Å². The first-order valence-corrected chi connectivity index (χ1v) is 5.07. The lowest BCUT2D eigenvalue weighted by molar-refractivity contribution is 0.129. The molecule has 0 saturated heterocycles. The number of nitrogens with one attached hydrogen (secondary N) is 1. The van der Waals surface area contributed by atoms with E-state index in [1.807, 2.05) is 17.0 Å². The van der Waals surface area contributed by atoms with Gasteiger partial charge in [-0.25, -0.2) is 0 Å². The summed E-state index contributed by atoms with van der Waals surface area (Å²) in [6, 6.07) is 0. The highest BCUT2D eigenvalue weighted by Gasteiger charge is 1.92. The van der Waals surface area contributed by atoms with Crippen LogP contribution in [0.25, 0.3) is 0 Å². The van der Waals surface area contributed by atoms with Gasteiger partial charge in [0.1, 0.15) is 0 Å². The average Bonchev–Trinajstić information content (AvgIpc) is 2.52. The van der Waals surface area contributed by atoms with Crippen molar-refractivity contribution < 1.29 is 4.74 Å². The van der Waals surface area contributed by atoms with Crippen LogP contribution in [0.5, 0.6) is 0 Å². The van der Waals surface area contributed by atoms with Gasteiger partial charge in [0.25, 0.3) is 0 Å². The van der Waals surface area contributed by atoms with Crippen LogP contribution in [0.1, 0.15) is 19.8 Å². The van der Waals surface area contributed by atoms with Gasteiger partial charge in [0.05, 0.1) is 0 Å². The summed E-state index contributed by atoms with van der Waals surface area (Å²) < 4.78 is 8.17. The van der Waals surface area contributed by atoms with Crippen LogP contribution in [0.2, 0.25) is 0 Å². The number of imidazole rings is 1. The molecule has 13 heavy (non-hydrogen) atoms. The second kappa shape index (κ2) is 5.94. The molecule has 0 fully saturated rings. The van der Waals surface area contributed by atoms with Crippen LogP contribution in [0.4, 0.5) is 0 Å². The van der Waals surface area contributed by atoms with Crippen molar-refractivity contribution in [1.82, 2.24) is 9.55 Å². The maximum atomic E-state index is 5.36. The van der Waals surface area contributed by atoms with Crippen molar-refractivity contribution in [3.05, 3.63) is 17.2 Å². The van der Waals surface area contributed by atoms with Crippen LogP contribution in [0, 0.1) is 4.77 Å². The molecule has 0 aliphatic heterocycles. The highest BCUT2D eigenvalue weighted by molar-refractivity contribution is 7.71. The highest BCUT2D eigenvalue weighted by Crippen LogP contribution is 1.94. The van der Waals surface area contributed by atoms with Crippen LogP contribution in [0.15, 0.2) is 12.4 Å². The van der Waals surface area contributed by atoms with E-state index in [2.05, 4.69) is 11.9 Å². The Balaban J connectivity index is 2.13. The van der Waals surface area contributed by atoms with Crippen molar-refractivity contribution >= 4 is 12.2 Å². The summed E-state index contributed by atoms with van der Waals surface area (Å²) in [6.45, 7) is 4.73. The van der Waals surface area contributed by atoms with Crippen molar-refractivity contribution in [1.29, 1.82) is 0 Å². The summed E-state index contributed by atoms with van der Waals surface area (Å²) in [5.74, 6) is 0. The summed E-state index contributed by atoms with van der Waals surface area (Å²) >= 11 is 5.05. The second-order valence-electron chi connectivity index (χ2n) is 2.92. The normalized spacial score (nSPS) is 10.5. The average molecular weight is 200 g/mol. The Bertz CT molecular complexity index is 279. The third-order valence-corrected chi connectivity index (χ3v) is 2.11. The zero-order valence-corrected chi connectivity index (χ0v) is 8.77. The van der Waals surface area contributed by atoms with Gasteiger partial charge in [0.15, 0.2) is 4.77 Å². The number of aromatic nitrogens is 2. The fourth-order valence-electron chi connectivity index (χ4n) is 1.11. The van der Waals surface area contributed by atoms with Gasteiger partial charge in [0, 0.05) is 32.2 Å². The molecule has 0 amide bonds. The summed E-state index contributed by atoms with van der Waals surface area (Å²) in [5.41, 5.74) is 0. The molecule has 0 aliphatic rings. The Labute approximate surface area is 83.7 Å². The summed E-state index contributed by atoms with van der Waals surface area (Å²) in [4.78, 5) is 2.96. The number of nitrogens with zero attached hydrogens (tertiary/aromatic N) is 1. The van der Waals surface area contributed by atoms with Crippen molar-refractivity contribution in [2.24, 2.45) is 0 Å². The Morgan fingerprint density at radius 3 is 3.00 bits per heavy atom. The Hall–Kier alpha value is -0.610. The topological polar surface area (TPSA) is 29.9 Å². The van der Waals surface area contributed by atoms with Gasteiger partial charge in [0.2, 0.25) is 0 Å². The Morgan fingerprint density at radius 1 is 1.54 bits per heavy atom. The van der Waals surface area contributed by atoms with Crippen molar-refractivity contribution in [2.75, 3.05) is 13.2 Å². The van der Waals surface area contributed by atoms with Gasteiger partial charge >= 0.3 is 0 Å². The predicted octanol–water partition coefficient (Wildman–Crippen LogP) is 2.36. The lowest BCUT2D eigenvalue weighted by Crippen LogP contribution is -2.02. The first-order valence-electron chi connectivity index (χ1n) is 4.66. The highest BCUT2D eigenvalue weighted by atomic mass is 32.1. The second-order valence-corrected chi connectivity index (χ2v) is 3.31. The first-order chi connectivity index (χ1) is 6.34. The molecule has 4 heteroatoms. The molecule has 0 spiro atoms. The lowest BCUT2D eigenvalue weighted by atomic mass is 10.4. The molecule has 1 N–H and O–H groups in total. The molecule has 0 aromatic carbocycles. The first kappa shape index (κ1) is 10.5. The van der Waals surface area contributed by atoms with Crippen LogP contribution >= 0.6 is 12.2 Å². The van der Waals surface area contributed by atoms with E-state index in [4.69, 9.17) is 17.0 Å². The van der Waals surface area contributed by atoms with E-state index >= 15 is 0 Å². The van der Waals surface area contributed by atoms with Crippen LogP contribution in [0.3, 0.4) is 0 Å². The van der Waals surface area contributed by atoms with Gasteiger partial charge < -0.3 is 14.3 Å². The molecular weight excluding hydrogens is 184 g/mol. The zero-order chi connectivity index (χ0) is 9.52. The lowest BCUT2D eigenvalue weighted by Gasteiger charge is -2.03. The van der Waals surface area contributed by atoms with Gasteiger partial charge in [-0.15, -0.1) is 0 Å². The van der Waals surface area contributed by atoms with E-state index in [0.29, 0.717) is 0 Å². The van der Waals surface area contributed by atoms with E-state index in [-0.39, 0.29) is 0 Å². The third-order valence-electron chi connectivity index (χ3n) is 1.76. The minimum Gasteiger partial charge on any atom is -0.381 e. The number of hydrogen-bond donors (Lipinski definition) is 1. The van der Waals surface area contributed by atoms with E-state index in [0.717, 1.165) is 37.4 Å². The molecule has 1 heterocycles. The van der Waals surface area contributed by atoms with E-state index in [1.165, 1.54) is 0 Å². The van der Waals surface area contributed by atoms with E-state index in [9.17, 15) is 0 Å². The molecule has 0 aliphatic carbocycles. The SMILES string of the molecule is CCCOCCCn1cc[nH]c1=S. The predicted molar refractivity (Wildman–Crippen MR) is 55.3 cm³/mol. The quantitative estimate of drug-likeness (QED) is 0.564. The number of aromatic amines is 1. The van der Waals surface area contributed by atoms with Crippen LogP contribution in [-0.2, 0) is 11.3 Å². The largest absolute Gasteiger partial charge is 0.381 e. The molecule has 0 saturated carbocycles. The number of aryl methyl sites for hydroxylation is 1. The molecule has 3 nitrogen and oxygen atoms in total. The number of H-pyrrole nitrogens is 1. The van der Waals surface area contributed by atoms with Gasteiger partial charge in [-0.2, -0.15) is 0 Å². The summed E-state index contributed by atoms with van der Waals surface area (Å²) in [5, 5.41) is 0. The van der Waals surface area contributed by atoms with E-state index in [1.54, 1.807) is 0 Å². The van der Waals surface area contributed by atoms with Gasteiger partial charge in [-0.3, -0.25) is 0 Å². The maximum Gasteiger partial charge on any atom is 0.177 e. The summed E-state index contributed by atoms with van der Waals surface area (Å²) in [6.07, 6.45) is 5.92.